The number of hydrogen-bond donors (Lipinski definition) is 0. The summed E-state index contributed by atoms with van der Waals surface area (Å²) in [5.74, 6) is 3.04. The van der Waals surface area contributed by atoms with Crippen LogP contribution in [0.5, 0.6) is 11.5 Å². The molecule has 1 aliphatic heterocycles. The largest absolute Gasteiger partial charge is 0.486 e. The highest BCUT2D eigenvalue weighted by Crippen LogP contribution is 2.53. The summed E-state index contributed by atoms with van der Waals surface area (Å²) in [5, 5.41) is 0.759. The lowest BCUT2D eigenvalue weighted by molar-refractivity contribution is 0.171. The first-order valence-corrected chi connectivity index (χ1v) is 7.19. The van der Waals surface area contributed by atoms with Crippen LogP contribution in [0.25, 0.3) is 0 Å². The molecule has 3 rings (SSSR count). The molecule has 0 N–H and O–H groups in total. The van der Waals surface area contributed by atoms with Gasteiger partial charge in [-0.3, -0.25) is 0 Å². The molecule has 3 atom stereocenters. The fourth-order valence-corrected chi connectivity index (χ4v) is 3.80. The zero-order chi connectivity index (χ0) is 12.0. The highest BCUT2D eigenvalue weighted by atomic mass is 79.9. The van der Waals surface area contributed by atoms with Crippen molar-refractivity contribution >= 4 is 27.5 Å². The lowest BCUT2D eigenvalue weighted by Gasteiger charge is -2.21. The van der Waals surface area contributed by atoms with Gasteiger partial charge in [0.05, 0.1) is 0 Å². The Balaban J connectivity index is 1.93. The van der Waals surface area contributed by atoms with Crippen LogP contribution in [0.2, 0.25) is 5.02 Å². The fourth-order valence-electron chi connectivity index (χ4n) is 2.28. The fraction of sp³-hybridized carbons (Fsp3) is 0.538. The van der Waals surface area contributed by atoms with Gasteiger partial charge in [-0.15, -0.1) is 0 Å². The molecule has 0 amide bonds. The van der Waals surface area contributed by atoms with Crippen molar-refractivity contribution in [2.24, 2.45) is 11.8 Å². The number of halogens is 2. The molecule has 0 radical (unpaired) electrons. The Morgan fingerprint density at radius 3 is 2.47 bits per heavy atom. The van der Waals surface area contributed by atoms with Gasteiger partial charge in [0.1, 0.15) is 13.2 Å². The maximum Gasteiger partial charge on any atom is 0.162 e. The average Bonchev–Trinajstić information content (AvgIpc) is 3.05. The lowest BCUT2D eigenvalue weighted by Crippen LogP contribution is -2.15. The van der Waals surface area contributed by atoms with Crippen LogP contribution in [-0.4, -0.2) is 13.2 Å². The molecular weight excluding hydrogens is 303 g/mol. The summed E-state index contributed by atoms with van der Waals surface area (Å²) < 4.78 is 11.1. The van der Waals surface area contributed by atoms with Gasteiger partial charge in [-0.25, -0.2) is 0 Å². The Bertz CT molecular complexity index is 449. The monoisotopic (exact) mass is 316 g/mol. The number of hydrogen-bond acceptors (Lipinski definition) is 2. The summed E-state index contributed by atoms with van der Waals surface area (Å²) in [6, 6.07) is 3.88. The minimum atomic E-state index is 0.320. The highest BCUT2D eigenvalue weighted by Gasteiger charge is 2.40. The summed E-state index contributed by atoms with van der Waals surface area (Å²) in [7, 11) is 0. The van der Waals surface area contributed by atoms with Crippen LogP contribution in [0, 0.1) is 11.8 Å². The SMILES string of the molecule is CC1CC1C(Br)c1cc2c(cc1Cl)OCCO2. The number of benzene rings is 1. The predicted octanol–water partition coefficient (Wildman–Crippen LogP) is 4.20. The molecule has 2 nitrogen and oxygen atoms in total. The van der Waals surface area contributed by atoms with E-state index in [0.29, 0.717) is 24.0 Å². The van der Waals surface area contributed by atoms with Crippen molar-refractivity contribution in [2.45, 2.75) is 18.2 Å². The van der Waals surface area contributed by atoms with Gasteiger partial charge in [0.2, 0.25) is 0 Å². The molecular formula is C13H14BrClO2. The second kappa shape index (κ2) is 4.36. The number of fused-ring (bicyclic) bond motifs is 1. The van der Waals surface area contributed by atoms with Crippen LogP contribution in [0.3, 0.4) is 0 Å². The number of rotatable bonds is 2. The van der Waals surface area contributed by atoms with Gasteiger partial charge in [0.25, 0.3) is 0 Å². The molecule has 1 fully saturated rings. The highest BCUT2D eigenvalue weighted by molar-refractivity contribution is 9.09. The van der Waals surface area contributed by atoms with E-state index in [1.807, 2.05) is 12.1 Å². The first-order chi connectivity index (χ1) is 8.16. The van der Waals surface area contributed by atoms with Crippen LogP contribution in [0.4, 0.5) is 0 Å². The molecule has 92 valence electrons. The minimum Gasteiger partial charge on any atom is -0.486 e. The molecule has 3 unspecified atom stereocenters. The molecule has 0 spiro atoms. The molecule has 1 aromatic rings. The third-order valence-corrected chi connectivity index (χ3v) is 5.01. The minimum absolute atomic E-state index is 0.320. The summed E-state index contributed by atoms with van der Waals surface area (Å²) in [6.45, 7) is 3.48. The van der Waals surface area contributed by atoms with E-state index in [9.17, 15) is 0 Å². The van der Waals surface area contributed by atoms with Gasteiger partial charge in [-0.05, 0) is 29.9 Å². The van der Waals surface area contributed by atoms with Gasteiger partial charge in [-0.2, -0.15) is 0 Å². The van der Waals surface area contributed by atoms with E-state index in [2.05, 4.69) is 22.9 Å². The molecule has 1 saturated carbocycles. The molecule has 0 aromatic heterocycles. The maximum atomic E-state index is 6.31. The normalized spacial score (nSPS) is 27.7. The van der Waals surface area contributed by atoms with E-state index < -0.39 is 0 Å². The summed E-state index contributed by atoms with van der Waals surface area (Å²) in [6.07, 6.45) is 1.26. The standard InChI is InChI=1S/C13H14BrClO2/c1-7-4-8(7)13(14)9-5-11-12(6-10(9)15)17-3-2-16-11/h5-8,13H,2-4H2,1H3. The average molecular weight is 318 g/mol. The van der Waals surface area contributed by atoms with Crippen LogP contribution >= 0.6 is 27.5 Å². The zero-order valence-electron chi connectivity index (χ0n) is 9.58. The second-order valence-electron chi connectivity index (χ2n) is 4.80. The topological polar surface area (TPSA) is 18.5 Å². The third-order valence-electron chi connectivity index (χ3n) is 3.51. The zero-order valence-corrected chi connectivity index (χ0v) is 11.9. The molecule has 0 bridgehead atoms. The first-order valence-electron chi connectivity index (χ1n) is 5.90. The Morgan fingerprint density at radius 2 is 1.88 bits per heavy atom. The van der Waals surface area contributed by atoms with Crippen LogP contribution in [0.1, 0.15) is 23.7 Å². The van der Waals surface area contributed by atoms with E-state index in [1.165, 1.54) is 6.42 Å². The van der Waals surface area contributed by atoms with Crippen LogP contribution in [0.15, 0.2) is 12.1 Å². The van der Waals surface area contributed by atoms with Gasteiger partial charge < -0.3 is 9.47 Å². The van der Waals surface area contributed by atoms with Gasteiger partial charge >= 0.3 is 0 Å². The lowest BCUT2D eigenvalue weighted by atomic mass is 10.1. The maximum absolute atomic E-state index is 6.31. The van der Waals surface area contributed by atoms with Gasteiger partial charge in [0.15, 0.2) is 11.5 Å². The number of ether oxygens (including phenoxy) is 2. The molecule has 4 heteroatoms. The van der Waals surface area contributed by atoms with Crippen molar-refractivity contribution in [1.29, 1.82) is 0 Å². The molecule has 1 heterocycles. The molecule has 17 heavy (non-hydrogen) atoms. The van der Waals surface area contributed by atoms with E-state index in [0.717, 1.165) is 28.0 Å². The second-order valence-corrected chi connectivity index (χ2v) is 6.19. The van der Waals surface area contributed by atoms with Crippen molar-refractivity contribution in [3.8, 4) is 11.5 Å². The molecule has 1 aliphatic carbocycles. The number of alkyl halides is 1. The smallest absolute Gasteiger partial charge is 0.162 e. The van der Waals surface area contributed by atoms with Gasteiger partial charge in [-0.1, -0.05) is 34.5 Å². The van der Waals surface area contributed by atoms with E-state index in [1.54, 1.807) is 0 Å². The Labute approximate surface area is 114 Å². The van der Waals surface area contributed by atoms with Crippen LogP contribution in [-0.2, 0) is 0 Å². The summed E-state index contributed by atoms with van der Waals surface area (Å²) in [4.78, 5) is 0.320. The molecule has 2 aliphatic rings. The predicted molar refractivity (Wildman–Crippen MR) is 71.4 cm³/mol. The van der Waals surface area contributed by atoms with Crippen molar-refractivity contribution in [2.75, 3.05) is 13.2 Å². The van der Waals surface area contributed by atoms with Crippen molar-refractivity contribution in [1.82, 2.24) is 0 Å². The molecule has 0 saturated heterocycles. The summed E-state index contributed by atoms with van der Waals surface area (Å²) >= 11 is 10.1. The van der Waals surface area contributed by atoms with E-state index >= 15 is 0 Å². The van der Waals surface area contributed by atoms with Crippen LogP contribution < -0.4 is 9.47 Å². The van der Waals surface area contributed by atoms with Crippen molar-refractivity contribution in [3.05, 3.63) is 22.7 Å². The quantitative estimate of drug-likeness (QED) is 0.761. The summed E-state index contributed by atoms with van der Waals surface area (Å²) in [5.41, 5.74) is 1.12. The van der Waals surface area contributed by atoms with Gasteiger partial charge in [0, 0.05) is 15.9 Å². The van der Waals surface area contributed by atoms with E-state index in [4.69, 9.17) is 21.1 Å². The Kier molecular flexibility index (Phi) is 2.99. The Hall–Kier alpha value is -0.410. The third kappa shape index (κ3) is 2.15. The van der Waals surface area contributed by atoms with E-state index in [-0.39, 0.29) is 0 Å². The van der Waals surface area contributed by atoms with Crippen molar-refractivity contribution in [3.63, 3.8) is 0 Å². The molecule has 1 aromatic carbocycles. The van der Waals surface area contributed by atoms with Crippen molar-refractivity contribution < 1.29 is 9.47 Å². The Morgan fingerprint density at radius 1 is 1.29 bits per heavy atom. The first kappa shape index (κ1) is 11.7.